The van der Waals surface area contributed by atoms with E-state index in [1.807, 2.05) is 20.8 Å². The highest BCUT2D eigenvalue weighted by molar-refractivity contribution is 5.71. The highest BCUT2D eigenvalue weighted by Crippen LogP contribution is 2.31. The molecule has 6 nitrogen and oxygen atoms in total. The zero-order chi connectivity index (χ0) is 11.9. The van der Waals surface area contributed by atoms with Gasteiger partial charge >= 0.3 is 6.09 Å². The summed E-state index contributed by atoms with van der Waals surface area (Å²) in [6.07, 6.45) is 0.853. The number of aromatic nitrogens is 3. The van der Waals surface area contributed by atoms with E-state index in [1.165, 1.54) is 6.33 Å². The highest BCUT2D eigenvalue weighted by Gasteiger charge is 2.42. The van der Waals surface area contributed by atoms with Crippen molar-refractivity contribution in [2.75, 3.05) is 0 Å². The summed E-state index contributed by atoms with van der Waals surface area (Å²) in [5.41, 5.74) is 0. The molecule has 1 aliphatic heterocycles. The van der Waals surface area contributed by atoms with Gasteiger partial charge in [-0.1, -0.05) is 0 Å². The van der Waals surface area contributed by atoms with E-state index in [4.69, 9.17) is 4.74 Å². The summed E-state index contributed by atoms with van der Waals surface area (Å²) in [7, 11) is 1.79. The molecule has 88 valence electrons. The normalized spacial score (nSPS) is 25.3. The van der Waals surface area contributed by atoms with Crippen LogP contribution in [0.25, 0.3) is 0 Å². The van der Waals surface area contributed by atoms with Crippen LogP contribution in [0.1, 0.15) is 32.7 Å². The van der Waals surface area contributed by atoms with Crippen LogP contribution in [0.2, 0.25) is 0 Å². The van der Waals surface area contributed by atoms with Crippen molar-refractivity contribution in [1.29, 1.82) is 0 Å². The molecule has 0 unspecified atom stereocenters. The number of rotatable bonds is 2. The second kappa shape index (κ2) is 3.77. The van der Waals surface area contributed by atoms with Crippen LogP contribution in [0.5, 0.6) is 0 Å². The van der Waals surface area contributed by atoms with E-state index in [0.29, 0.717) is 5.82 Å². The minimum Gasteiger partial charge on any atom is -0.436 e. The highest BCUT2D eigenvalue weighted by atomic mass is 16.6. The zero-order valence-electron chi connectivity index (χ0n) is 9.91. The first-order valence-electron chi connectivity index (χ1n) is 5.35. The van der Waals surface area contributed by atoms with Crippen LogP contribution in [-0.2, 0) is 11.8 Å². The lowest BCUT2D eigenvalue weighted by Gasteiger charge is -2.23. The summed E-state index contributed by atoms with van der Waals surface area (Å²) in [5, 5.41) is 3.99. The van der Waals surface area contributed by atoms with E-state index in [1.54, 1.807) is 16.6 Å². The summed E-state index contributed by atoms with van der Waals surface area (Å²) in [6, 6.07) is 0.108. The van der Waals surface area contributed by atoms with Crippen LogP contribution in [0.15, 0.2) is 6.33 Å². The number of aryl methyl sites for hydroxylation is 1. The fourth-order valence-corrected chi connectivity index (χ4v) is 2.09. The molecule has 1 fully saturated rings. The molecule has 1 aliphatic rings. The summed E-state index contributed by atoms with van der Waals surface area (Å²) >= 11 is 0. The Morgan fingerprint density at radius 2 is 2.19 bits per heavy atom. The minimum absolute atomic E-state index is 0.0181. The molecule has 1 amide bonds. The summed E-state index contributed by atoms with van der Waals surface area (Å²) in [6.45, 7) is 5.90. The van der Waals surface area contributed by atoms with E-state index >= 15 is 0 Å². The molecule has 2 rings (SSSR count). The second-order valence-corrected chi connectivity index (χ2v) is 4.29. The van der Waals surface area contributed by atoms with Gasteiger partial charge in [-0.2, -0.15) is 5.10 Å². The van der Waals surface area contributed by atoms with Crippen molar-refractivity contribution >= 4 is 6.09 Å². The summed E-state index contributed by atoms with van der Waals surface area (Å²) in [5.74, 6) is 0.684. The Morgan fingerprint density at radius 3 is 2.62 bits per heavy atom. The van der Waals surface area contributed by atoms with Crippen LogP contribution in [0, 0.1) is 0 Å². The van der Waals surface area contributed by atoms with Gasteiger partial charge in [-0.25, -0.2) is 14.5 Å². The number of hydrogen-bond acceptors (Lipinski definition) is 4. The molecule has 0 saturated carbocycles. The summed E-state index contributed by atoms with van der Waals surface area (Å²) in [4.78, 5) is 17.5. The number of carbonyl (C=O) groups is 1. The molecule has 2 heterocycles. The average Bonchev–Trinajstić information content (AvgIpc) is 2.70. The number of hydrogen-bond donors (Lipinski definition) is 0. The lowest BCUT2D eigenvalue weighted by atomic mass is 10.1. The average molecular weight is 224 g/mol. The lowest BCUT2D eigenvalue weighted by Crippen LogP contribution is -2.37. The monoisotopic (exact) mass is 224 g/mol. The van der Waals surface area contributed by atoms with Crippen LogP contribution in [0.3, 0.4) is 0 Å². The van der Waals surface area contributed by atoms with Crippen molar-refractivity contribution < 1.29 is 9.53 Å². The Kier molecular flexibility index (Phi) is 2.57. The van der Waals surface area contributed by atoms with Crippen molar-refractivity contribution in [3.8, 4) is 0 Å². The Bertz CT molecular complexity index is 401. The maximum atomic E-state index is 11.7. The molecular formula is C10H16N4O2. The molecule has 0 spiro atoms. The molecule has 6 heteroatoms. The van der Waals surface area contributed by atoms with Gasteiger partial charge in [-0.15, -0.1) is 0 Å². The van der Waals surface area contributed by atoms with E-state index < -0.39 is 0 Å². The predicted molar refractivity (Wildman–Crippen MR) is 56.7 cm³/mol. The number of carbonyl (C=O) groups excluding carboxylic acids is 1. The van der Waals surface area contributed by atoms with Crippen molar-refractivity contribution in [1.82, 2.24) is 19.7 Å². The molecular weight excluding hydrogens is 208 g/mol. The van der Waals surface area contributed by atoms with Gasteiger partial charge in [0.1, 0.15) is 6.33 Å². The van der Waals surface area contributed by atoms with Crippen molar-refractivity contribution in [2.45, 2.75) is 39.0 Å². The third-order valence-electron chi connectivity index (χ3n) is 2.87. The molecule has 16 heavy (non-hydrogen) atoms. The van der Waals surface area contributed by atoms with Gasteiger partial charge in [0.25, 0.3) is 0 Å². The van der Waals surface area contributed by atoms with Gasteiger partial charge in [0.2, 0.25) is 0 Å². The first-order valence-corrected chi connectivity index (χ1v) is 5.35. The second-order valence-electron chi connectivity index (χ2n) is 4.29. The van der Waals surface area contributed by atoms with E-state index in [2.05, 4.69) is 10.1 Å². The number of nitrogens with zero attached hydrogens (tertiary/aromatic N) is 4. The van der Waals surface area contributed by atoms with Crippen LogP contribution >= 0.6 is 0 Å². The van der Waals surface area contributed by atoms with E-state index in [-0.39, 0.29) is 24.3 Å². The Hall–Kier alpha value is -1.59. The molecule has 1 aromatic rings. The fourth-order valence-electron chi connectivity index (χ4n) is 2.09. The SMILES string of the molecule is CC(C)N1C(=O)O[C@H](c2ncnn2C)[C@@H]1C. The minimum atomic E-state index is -0.331. The van der Waals surface area contributed by atoms with E-state index in [9.17, 15) is 4.79 Å². The topological polar surface area (TPSA) is 60.3 Å². The molecule has 1 saturated heterocycles. The molecule has 1 aromatic heterocycles. The standard InChI is InChI=1S/C10H16N4O2/c1-6(2)14-7(3)8(16-10(14)15)9-11-5-12-13(9)4/h5-8H,1-4H3/t7-,8-/m0/s1. The third-order valence-corrected chi connectivity index (χ3v) is 2.87. The molecule has 0 radical (unpaired) electrons. The Morgan fingerprint density at radius 1 is 1.50 bits per heavy atom. The number of ether oxygens (including phenoxy) is 1. The van der Waals surface area contributed by atoms with Gasteiger partial charge in [0.05, 0.1) is 6.04 Å². The van der Waals surface area contributed by atoms with Gasteiger partial charge < -0.3 is 4.74 Å². The van der Waals surface area contributed by atoms with Crippen molar-refractivity contribution in [3.05, 3.63) is 12.2 Å². The fraction of sp³-hybridized carbons (Fsp3) is 0.700. The van der Waals surface area contributed by atoms with Gasteiger partial charge in [0, 0.05) is 13.1 Å². The first-order chi connectivity index (χ1) is 7.52. The maximum Gasteiger partial charge on any atom is 0.411 e. The van der Waals surface area contributed by atoms with E-state index in [0.717, 1.165) is 0 Å². The summed E-state index contributed by atoms with van der Waals surface area (Å²) < 4.78 is 6.97. The molecule has 0 N–H and O–H groups in total. The van der Waals surface area contributed by atoms with Crippen LogP contribution < -0.4 is 0 Å². The molecule has 2 atom stereocenters. The van der Waals surface area contributed by atoms with Gasteiger partial charge in [0.15, 0.2) is 11.9 Å². The molecule has 0 aromatic carbocycles. The van der Waals surface area contributed by atoms with Crippen molar-refractivity contribution in [2.24, 2.45) is 7.05 Å². The number of amides is 1. The van der Waals surface area contributed by atoms with Crippen molar-refractivity contribution in [3.63, 3.8) is 0 Å². The van der Waals surface area contributed by atoms with Crippen LogP contribution in [0.4, 0.5) is 4.79 Å². The Balaban J connectivity index is 2.27. The quantitative estimate of drug-likeness (QED) is 0.755. The predicted octanol–water partition coefficient (Wildman–Crippen LogP) is 1.11. The first kappa shape index (κ1) is 10.9. The van der Waals surface area contributed by atoms with Crippen LogP contribution in [-0.4, -0.2) is 37.8 Å². The third kappa shape index (κ3) is 1.54. The lowest BCUT2D eigenvalue weighted by molar-refractivity contribution is 0.123. The molecule has 0 aliphatic carbocycles. The zero-order valence-corrected chi connectivity index (χ0v) is 9.91. The van der Waals surface area contributed by atoms with Gasteiger partial charge in [-0.3, -0.25) is 4.90 Å². The largest absolute Gasteiger partial charge is 0.436 e. The smallest absolute Gasteiger partial charge is 0.411 e. The van der Waals surface area contributed by atoms with Gasteiger partial charge in [-0.05, 0) is 20.8 Å². The number of cyclic esters (lactones) is 1. The molecule has 0 bridgehead atoms. The Labute approximate surface area is 94.2 Å². The maximum absolute atomic E-state index is 11.7.